The third kappa shape index (κ3) is 7.51. The summed E-state index contributed by atoms with van der Waals surface area (Å²) in [6.07, 6.45) is 12.3. The van der Waals surface area contributed by atoms with Gasteiger partial charge in [-0.15, -0.1) is 0 Å². The number of rotatable bonds is 12. The van der Waals surface area contributed by atoms with Gasteiger partial charge in [-0.1, -0.05) is 6.42 Å². The number of nitrogens with zero attached hydrogens (tertiary/aromatic N) is 5. The second-order valence-electron chi connectivity index (χ2n) is 13.6. The van der Waals surface area contributed by atoms with Crippen molar-refractivity contribution in [3.8, 4) is 17.0 Å². The molecule has 0 saturated heterocycles. The van der Waals surface area contributed by atoms with Crippen molar-refractivity contribution in [1.82, 2.24) is 19.9 Å². The number of aryl methyl sites for hydroxylation is 1. The topological polar surface area (TPSA) is 131 Å². The van der Waals surface area contributed by atoms with Crippen molar-refractivity contribution < 1.29 is 28.6 Å². The number of aliphatic hydroxyl groups is 1. The van der Waals surface area contributed by atoms with Crippen molar-refractivity contribution >= 4 is 17.8 Å². The summed E-state index contributed by atoms with van der Waals surface area (Å²) in [7, 11) is 1.66. The highest BCUT2D eigenvalue weighted by Gasteiger charge is 2.47. The maximum absolute atomic E-state index is 14.9. The van der Waals surface area contributed by atoms with Gasteiger partial charge in [0.1, 0.15) is 23.5 Å². The van der Waals surface area contributed by atoms with Gasteiger partial charge in [0.2, 0.25) is 0 Å². The number of anilines is 1. The van der Waals surface area contributed by atoms with Gasteiger partial charge in [-0.25, -0.2) is 14.8 Å². The quantitative estimate of drug-likeness (QED) is 0.223. The van der Waals surface area contributed by atoms with Crippen LogP contribution in [0, 0.1) is 12.8 Å². The number of aromatic nitrogens is 3. The Kier molecular flexibility index (Phi) is 10.6. The Morgan fingerprint density at radius 3 is 2.44 bits per heavy atom. The fraction of sp³-hybridized carbons (Fsp3) is 0.595. The lowest BCUT2D eigenvalue weighted by molar-refractivity contribution is -0.142. The van der Waals surface area contributed by atoms with Crippen LogP contribution >= 0.6 is 0 Å². The van der Waals surface area contributed by atoms with E-state index in [2.05, 4.69) is 6.07 Å². The lowest BCUT2D eigenvalue weighted by atomic mass is 9.79. The van der Waals surface area contributed by atoms with Crippen LogP contribution in [0.5, 0.6) is 5.75 Å². The first-order valence-electron chi connectivity index (χ1n) is 17.7. The van der Waals surface area contributed by atoms with E-state index in [1.165, 1.54) is 4.90 Å². The number of amides is 2. The lowest BCUT2D eigenvalue weighted by Gasteiger charge is -2.41. The van der Waals surface area contributed by atoms with Crippen LogP contribution in [-0.4, -0.2) is 75.9 Å². The second-order valence-corrected chi connectivity index (χ2v) is 13.6. The molecule has 3 aliphatic rings. The molecule has 0 atom stereocenters. The van der Waals surface area contributed by atoms with Crippen LogP contribution in [0.15, 0.2) is 41.1 Å². The van der Waals surface area contributed by atoms with Crippen molar-refractivity contribution in [3.63, 3.8) is 0 Å². The fourth-order valence-corrected chi connectivity index (χ4v) is 7.31. The molecule has 11 nitrogen and oxygen atoms in total. The summed E-state index contributed by atoms with van der Waals surface area (Å²) in [6, 6.07) is 7.86. The maximum atomic E-state index is 14.9. The third-order valence-electron chi connectivity index (χ3n) is 10.3. The molecule has 3 aliphatic carbocycles. The number of likely N-dealkylation sites (N-methyl/N-ethyl adjacent to an activating group) is 1. The SMILES string of the molecule is CCN(CCO)C(=O)OC1(C(=O)N(C[C@H]2CC[C@H](c3ccc(OC)c(C)n3)CC2)c2cc(-c3coc(C4CC4)n3)ccn2)CCCCC1. The molecule has 0 spiro atoms. The van der Waals surface area contributed by atoms with E-state index in [9.17, 15) is 14.7 Å². The zero-order valence-corrected chi connectivity index (χ0v) is 28.5. The van der Waals surface area contributed by atoms with Gasteiger partial charge in [0.25, 0.3) is 5.91 Å². The monoisotopic (exact) mass is 659 g/mol. The fourth-order valence-electron chi connectivity index (χ4n) is 7.31. The first-order chi connectivity index (χ1) is 23.3. The number of oxazole rings is 1. The van der Waals surface area contributed by atoms with Crippen LogP contribution in [0.25, 0.3) is 11.3 Å². The molecule has 0 unspecified atom stereocenters. The van der Waals surface area contributed by atoms with E-state index in [1.807, 2.05) is 32.0 Å². The molecule has 11 heteroatoms. The number of carbonyl (C=O) groups is 2. The average molecular weight is 660 g/mol. The Morgan fingerprint density at radius 1 is 1.02 bits per heavy atom. The molecule has 0 aliphatic heterocycles. The molecule has 6 rings (SSSR count). The van der Waals surface area contributed by atoms with Gasteiger partial charge in [-0.3, -0.25) is 14.7 Å². The molecule has 3 aromatic heterocycles. The number of aliphatic hydroxyl groups excluding tert-OH is 1. The minimum atomic E-state index is -1.30. The normalized spacial score (nSPS) is 20.6. The predicted molar refractivity (Wildman–Crippen MR) is 181 cm³/mol. The van der Waals surface area contributed by atoms with Crippen molar-refractivity contribution in [2.45, 2.75) is 102 Å². The molecule has 1 N–H and O–H groups in total. The zero-order valence-electron chi connectivity index (χ0n) is 28.5. The largest absolute Gasteiger partial charge is 0.495 e. The van der Waals surface area contributed by atoms with E-state index < -0.39 is 11.7 Å². The van der Waals surface area contributed by atoms with E-state index in [4.69, 9.17) is 28.8 Å². The molecular weight excluding hydrogens is 610 g/mol. The Morgan fingerprint density at radius 2 is 1.77 bits per heavy atom. The first kappa shape index (κ1) is 33.9. The van der Waals surface area contributed by atoms with Crippen LogP contribution in [0.2, 0.25) is 0 Å². The molecule has 0 radical (unpaired) electrons. The second kappa shape index (κ2) is 15.1. The molecule has 0 aromatic carbocycles. The maximum Gasteiger partial charge on any atom is 0.410 e. The van der Waals surface area contributed by atoms with Crippen LogP contribution in [-0.2, 0) is 9.53 Å². The summed E-state index contributed by atoms with van der Waals surface area (Å²) >= 11 is 0. The highest BCUT2D eigenvalue weighted by molar-refractivity contribution is 6.00. The van der Waals surface area contributed by atoms with Crippen molar-refractivity contribution in [2.75, 3.05) is 38.3 Å². The molecule has 48 heavy (non-hydrogen) atoms. The van der Waals surface area contributed by atoms with E-state index in [0.717, 1.165) is 92.1 Å². The summed E-state index contributed by atoms with van der Waals surface area (Å²) in [5, 5.41) is 9.54. The summed E-state index contributed by atoms with van der Waals surface area (Å²) in [5.74, 6) is 2.82. The van der Waals surface area contributed by atoms with Gasteiger partial charge in [-0.05, 0) is 108 Å². The van der Waals surface area contributed by atoms with Crippen LogP contribution in [0.4, 0.5) is 10.6 Å². The predicted octanol–water partition coefficient (Wildman–Crippen LogP) is 6.79. The Bertz CT molecular complexity index is 1560. The number of methoxy groups -OCH3 is 1. The third-order valence-corrected chi connectivity index (χ3v) is 10.3. The number of ether oxygens (including phenoxy) is 2. The van der Waals surface area contributed by atoms with Gasteiger partial charge >= 0.3 is 6.09 Å². The number of pyridine rings is 2. The number of hydrogen-bond donors (Lipinski definition) is 1. The number of hydrogen-bond acceptors (Lipinski definition) is 9. The van der Waals surface area contributed by atoms with E-state index in [0.29, 0.717) is 43.6 Å². The van der Waals surface area contributed by atoms with Crippen LogP contribution in [0.3, 0.4) is 0 Å². The van der Waals surface area contributed by atoms with E-state index in [-0.39, 0.29) is 25.0 Å². The zero-order chi connectivity index (χ0) is 33.7. The van der Waals surface area contributed by atoms with Crippen molar-refractivity contribution in [2.24, 2.45) is 5.92 Å². The van der Waals surface area contributed by atoms with Gasteiger partial charge in [0.05, 0.1) is 19.4 Å². The molecule has 3 saturated carbocycles. The minimum absolute atomic E-state index is 0.152. The van der Waals surface area contributed by atoms with E-state index in [1.54, 1.807) is 24.5 Å². The van der Waals surface area contributed by atoms with Gasteiger partial charge in [-0.2, -0.15) is 0 Å². The summed E-state index contributed by atoms with van der Waals surface area (Å²) < 4.78 is 17.4. The van der Waals surface area contributed by atoms with E-state index >= 15 is 0 Å². The summed E-state index contributed by atoms with van der Waals surface area (Å²) in [6.45, 7) is 4.64. The van der Waals surface area contributed by atoms with Gasteiger partial charge in [0, 0.05) is 48.9 Å². The highest BCUT2D eigenvalue weighted by atomic mass is 16.6. The molecule has 2 amide bonds. The van der Waals surface area contributed by atoms with Crippen molar-refractivity contribution in [1.29, 1.82) is 0 Å². The summed E-state index contributed by atoms with van der Waals surface area (Å²) in [4.78, 5) is 45.8. The Hall–Kier alpha value is -3.99. The Balaban J connectivity index is 1.27. The lowest BCUT2D eigenvalue weighted by Crippen LogP contribution is -2.56. The Labute approximate surface area is 283 Å². The molecule has 258 valence electrons. The standard InChI is InChI=1S/C37H49N5O6/c1-4-41(20-21-43)36(45)48-37(17-6-5-7-18-37)35(44)42(33-22-29(16-19-38-33)31-24-47-34(40-31)28-12-13-28)23-26-8-10-27(11-9-26)30-14-15-32(46-3)25(2)39-30/h14-16,19,22,24,26-28,43H,4-13,17-18,20-21,23H2,1-3H3/t26-,27-. The first-order valence-corrected chi connectivity index (χ1v) is 17.7. The number of carbonyl (C=O) groups excluding carboxylic acids is 2. The average Bonchev–Trinajstić information content (AvgIpc) is 3.85. The molecule has 3 fully saturated rings. The molecule has 0 bridgehead atoms. The molecule has 3 heterocycles. The smallest absolute Gasteiger partial charge is 0.410 e. The van der Waals surface area contributed by atoms with Gasteiger partial charge < -0.3 is 23.9 Å². The van der Waals surface area contributed by atoms with Gasteiger partial charge in [0.15, 0.2) is 11.5 Å². The van der Waals surface area contributed by atoms with Crippen LogP contribution < -0.4 is 9.64 Å². The van der Waals surface area contributed by atoms with Crippen molar-refractivity contribution in [3.05, 3.63) is 54.0 Å². The molecular formula is C37H49N5O6. The molecule has 3 aromatic rings. The highest BCUT2D eigenvalue weighted by Crippen LogP contribution is 2.42. The van der Waals surface area contributed by atoms with Crippen LogP contribution in [0.1, 0.15) is 107 Å². The minimum Gasteiger partial charge on any atom is -0.495 e. The summed E-state index contributed by atoms with van der Waals surface area (Å²) in [5.41, 5.74) is 2.22.